The summed E-state index contributed by atoms with van der Waals surface area (Å²) in [6.07, 6.45) is -7.12. The van der Waals surface area contributed by atoms with Gasteiger partial charge in [0.1, 0.15) is 31.0 Å². The average molecular weight is 644 g/mol. The van der Waals surface area contributed by atoms with E-state index in [4.69, 9.17) is 28.7 Å². The van der Waals surface area contributed by atoms with E-state index in [0.29, 0.717) is 29.1 Å². The highest BCUT2D eigenvalue weighted by atomic mass is 16.7. The minimum absolute atomic E-state index is 0.0154. The third-order valence-electron chi connectivity index (χ3n) is 8.69. The number of aliphatic hydroxyl groups excluding tert-OH is 5. The highest BCUT2D eigenvalue weighted by Gasteiger charge is 2.53. The molecule has 1 saturated heterocycles. The average Bonchev–Trinajstić information content (AvgIpc) is 3.42. The van der Waals surface area contributed by atoms with Crippen LogP contribution in [-0.2, 0) is 35.0 Å². The molecule has 1 unspecified atom stereocenters. The summed E-state index contributed by atoms with van der Waals surface area (Å²) in [5, 5.41) is 53.9. The van der Waals surface area contributed by atoms with E-state index < -0.39 is 61.2 Å². The molecular weight excluding hydrogens is 606 g/mol. The van der Waals surface area contributed by atoms with Gasteiger partial charge in [-0.3, -0.25) is 0 Å². The van der Waals surface area contributed by atoms with Crippen LogP contribution in [0.2, 0.25) is 0 Å². The van der Waals surface area contributed by atoms with Crippen molar-refractivity contribution in [3.8, 4) is 0 Å². The Bertz CT molecular complexity index is 1550. The van der Waals surface area contributed by atoms with Gasteiger partial charge in [-0.15, -0.1) is 0 Å². The van der Waals surface area contributed by atoms with Gasteiger partial charge in [0.25, 0.3) is 0 Å². The zero-order valence-corrected chi connectivity index (χ0v) is 25.1. The van der Waals surface area contributed by atoms with E-state index in [0.717, 1.165) is 16.5 Å². The highest BCUT2D eigenvalue weighted by Crippen LogP contribution is 2.46. The number of nitrogens with zero attached hydrogens (tertiary/aromatic N) is 2. The number of aliphatic hydroxyl groups is 5. The molecule has 2 aromatic rings. The van der Waals surface area contributed by atoms with Crippen LogP contribution in [0.5, 0.6) is 0 Å². The van der Waals surface area contributed by atoms with Crippen molar-refractivity contribution in [2.75, 3.05) is 39.6 Å². The molecule has 46 heavy (non-hydrogen) atoms. The molecule has 0 spiro atoms. The van der Waals surface area contributed by atoms with Crippen molar-refractivity contribution in [2.45, 2.75) is 62.4 Å². The zero-order valence-electron chi connectivity index (χ0n) is 25.1. The van der Waals surface area contributed by atoms with Gasteiger partial charge in [-0.05, 0) is 30.2 Å². The smallest absolute Gasteiger partial charge is 0.408 e. The monoisotopic (exact) mass is 643 g/mol. The van der Waals surface area contributed by atoms with E-state index in [9.17, 15) is 35.1 Å². The Morgan fingerprint density at radius 3 is 2.72 bits per heavy atom. The number of esters is 1. The summed E-state index contributed by atoms with van der Waals surface area (Å²) < 4.78 is 27.2. The second kappa shape index (κ2) is 13.2. The molecule has 1 amide bonds. The predicted octanol–water partition coefficient (Wildman–Crippen LogP) is -0.715. The second-order valence-electron chi connectivity index (χ2n) is 11.4. The van der Waals surface area contributed by atoms with E-state index in [1.165, 1.54) is 0 Å². The molecule has 4 aliphatic heterocycles. The van der Waals surface area contributed by atoms with Gasteiger partial charge >= 0.3 is 12.1 Å². The molecule has 6 rings (SSSR count). The molecule has 1 aromatic carbocycles. The first-order valence-corrected chi connectivity index (χ1v) is 15.1. The van der Waals surface area contributed by atoms with Crippen molar-refractivity contribution in [3.05, 3.63) is 58.8 Å². The van der Waals surface area contributed by atoms with Gasteiger partial charge in [-0.1, -0.05) is 25.1 Å². The number of amides is 1. The lowest BCUT2D eigenvalue weighted by Gasteiger charge is -2.42. The number of para-hydroxylation sites is 1. The number of pyridine rings is 1. The minimum Gasteiger partial charge on any atom is -0.458 e. The number of aromatic nitrogens is 1. The molecule has 0 saturated carbocycles. The SMILES string of the molecule is CC[C@@]1(OC(=O)NCCOCCO[C@H]2O[C@H](CO)[C@@H](O)[C@H](O)[C@@H]2O)C(=O)OCC2=C1C=C1c3nc4ccccc4cc3CN1C2O. The molecule has 1 fully saturated rings. The van der Waals surface area contributed by atoms with Crippen LogP contribution in [0.1, 0.15) is 24.6 Å². The molecule has 248 valence electrons. The quantitative estimate of drug-likeness (QED) is 0.140. The fourth-order valence-electron chi connectivity index (χ4n) is 6.18. The molecule has 15 nitrogen and oxygen atoms in total. The summed E-state index contributed by atoms with van der Waals surface area (Å²) in [6, 6.07) is 9.74. The van der Waals surface area contributed by atoms with Gasteiger partial charge in [-0.2, -0.15) is 0 Å². The number of hydrogen-bond donors (Lipinski definition) is 6. The maximum atomic E-state index is 13.2. The normalized spacial score (nSPS) is 30.3. The summed E-state index contributed by atoms with van der Waals surface area (Å²) >= 11 is 0. The van der Waals surface area contributed by atoms with E-state index in [-0.39, 0.29) is 39.4 Å². The number of fused-ring (bicyclic) bond motifs is 4. The lowest BCUT2D eigenvalue weighted by molar-refractivity contribution is -0.302. The van der Waals surface area contributed by atoms with Gasteiger partial charge < -0.3 is 59.4 Å². The Kier molecular flexibility index (Phi) is 9.27. The zero-order chi connectivity index (χ0) is 32.6. The van der Waals surface area contributed by atoms with Crippen molar-refractivity contribution >= 4 is 28.7 Å². The molecule has 5 heterocycles. The Balaban J connectivity index is 1.06. The van der Waals surface area contributed by atoms with E-state index in [1.807, 2.05) is 30.3 Å². The number of alkyl carbamates (subject to hydrolysis) is 1. The summed E-state index contributed by atoms with van der Waals surface area (Å²) in [4.78, 5) is 32.8. The van der Waals surface area contributed by atoms with E-state index >= 15 is 0 Å². The lowest BCUT2D eigenvalue weighted by Crippen LogP contribution is -2.59. The van der Waals surface area contributed by atoms with Crippen molar-refractivity contribution in [2.24, 2.45) is 0 Å². The largest absolute Gasteiger partial charge is 0.458 e. The molecule has 7 atom stereocenters. The van der Waals surface area contributed by atoms with Crippen molar-refractivity contribution in [3.63, 3.8) is 0 Å². The Morgan fingerprint density at radius 2 is 1.93 bits per heavy atom. The Morgan fingerprint density at radius 1 is 1.13 bits per heavy atom. The topological polar surface area (TPSA) is 210 Å². The van der Waals surface area contributed by atoms with Crippen LogP contribution >= 0.6 is 0 Å². The van der Waals surface area contributed by atoms with Gasteiger partial charge in [-0.25, -0.2) is 14.6 Å². The fraction of sp³-hybridized carbons (Fsp3) is 0.516. The number of ether oxygens (including phenoxy) is 5. The summed E-state index contributed by atoms with van der Waals surface area (Å²) in [5.74, 6) is -0.743. The van der Waals surface area contributed by atoms with Crippen molar-refractivity contribution in [1.29, 1.82) is 0 Å². The molecule has 15 heteroatoms. The standard InChI is InChI=1S/C31H37N3O12/c1-2-31(46-30(41)32-7-8-42-9-10-43-28-26(38)25(37)24(36)22(14-35)45-28)19-12-21-23-17(11-16-5-3-4-6-20(16)33-23)13-34(21)27(39)18(19)15-44-29(31)40/h3-6,11-12,22,24-28,35-39H,2,7-10,13-15H2,1H3,(H,32,41)/t22-,24-,25+,26+,27?,28+,31+/m1/s1. The minimum atomic E-state index is -1.79. The fourth-order valence-corrected chi connectivity index (χ4v) is 6.18. The molecule has 0 aliphatic carbocycles. The van der Waals surface area contributed by atoms with Crippen LogP contribution in [0.25, 0.3) is 16.6 Å². The van der Waals surface area contributed by atoms with Gasteiger partial charge in [0.2, 0.25) is 5.60 Å². The third kappa shape index (κ3) is 5.73. The summed E-state index contributed by atoms with van der Waals surface area (Å²) in [7, 11) is 0. The van der Waals surface area contributed by atoms with Gasteiger partial charge in [0.15, 0.2) is 12.5 Å². The first-order valence-electron chi connectivity index (χ1n) is 15.1. The third-order valence-corrected chi connectivity index (χ3v) is 8.69. The molecular formula is C31H37N3O12. The van der Waals surface area contributed by atoms with Crippen LogP contribution < -0.4 is 5.32 Å². The van der Waals surface area contributed by atoms with Crippen LogP contribution in [-0.4, -0.2) is 130 Å². The molecule has 1 aromatic heterocycles. The first kappa shape index (κ1) is 32.3. The molecule has 4 aliphatic rings. The molecule has 0 bridgehead atoms. The molecule has 6 N–H and O–H groups in total. The number of carbonyl (C=O) groups excluding carboxylic acids is 2. The van der Waals surface area contributed by atoms with Crippen LogP contribution in [0.4, 0.5) is 4.79 Å². The molecule has 0 radical (unpaired) electrons. The van der Waals surface area contributed by atoms with Crippen LogP contribution in [0, 0.1) is 0 Å². The Hall–Kier alpha value is -3.67. The maximum Gasteiger partial charge on any atom is 0.408 e. The van der Waals surface area contributed by atoms with E-state index in [1.54, 1.807) is 17.9 Å². The summed E-state index contributed by atoms with van der Waals surface area (Å²) in [5.41, 5.74) is 2.03. The lowest BCUT2D eigenvalue weighted by atomic mass is 9.82. The van der Waals surface area contributed by atoms with E-state index in [2.05, 4.69) is 5.32 Å². The predicted molar refractivity (Wildman–Crippen MR) is 157 cm³/mol. The van der Waals surface area contributed by atoms with Gasteiger partial charge in [0.05, 0.1) is 43.3 Å². The highest BCUT2D eigenvalue weighted by molar-refractivity contribution is 5.92. The number of rotatable bonds is 10. The Labute approximate surface area is 263 Å². The van der Waals surface area contributed by atoms with Crippen LogP contribution in [0.15, 0.2) is 47.6 Å². The number of cyclic esters (lactones) is 1. The number of hydrogen-bond acceptors (Lipinski definition) is 14. The summed E-state index contributed by atoms with van der Waals surface area (Å²) in [6.45, 7) is 1.41. The number of nitrogens with one attached hydrogen (secondary N) is 1. The van der Waals surface area contributed by atoms with Gasteiger partial charge in [0, 0.05) is 29.6 Å². The number of benzene rings is 1. The first-order chi connectivity index (χ1) is 22.2. The maximum absolute atomic E-state index is 13.2. The van der Waals surface area contributed by atoms with Crippen molar-refractivity contribution in [1.82, 2.24) is 15.2 Å². The second-order valence-corrected chi connectivity index (χ2v) is 11.4. The van der Waals surface area contributed by atoms with Crippen LogP contribution in [0.3, 0.4) is 0 Å². The number of carbonyl (C=O) groups is 2. The van der Waals surface area contributed by atoms with Crippen molar-refractivity contribution < 1.29 is 58.8 Å².